The van der Waals surface area contributed by atoms with Crippen LogP contribution in [0.5, 0.6) is 5.75 Å². The van der Waals surface area contributed by atoms with Gasteiger partial charge in [-0.25, -0.2) is 13.1 Å². The molecule has 2 aromatic carbocycles. The third-order valence-electron chi connectivity index (χ3n) is 2.88. The summed E-state index contributed by atoms with van der Waals surface area (Å²) in [7, 11) is -3.58. The number of hydrogen-bond donors (Lipinski definition) is 1. The Labute approximate surface area is 134 Å². The lowest BCUT2D eigenvalue weighted by Crippen LogP contribution is -2.29. The number of nitrogens with zero attached hydrogens (tertiary/aromatic N) is 1. The maximum Gasteiger partial charge on any atom is 0.264 e. The molecular weight excluding hydrogens is 316 g/mol. The average Bonchev–Trinajstić information content (AvgIpc) is 2.52. The molecule has 2 rings (SSSR count). The lowest BCUT2D eigenvalue weighted by molar-refractivity contribution is 0.0981. The molecule has 118 valence electrons. The normalized spacial score (nSPS) is 10.6. The zero-order valence-corrected chi connectivity index (χ0v) is 13.1. The molecule has 0 radical (unpaired) electrons. The predicted molar refractivity (Wildman–Crippen MR) is 84.2 cm³/mol. The van der Waals surface area contributed by atoms with E-state index < -0.39 is 15.9 Å². The van der Waals surface area contributed by atoms with E-state index in [0.29, 0.717) is 17.9 Å². The van der Waals surface area contributed by atoms with Crippen molar-refractivity contribution >= 4 is 15.9 Å². The third kappa shape index (κ3) is 5.13. The fourth-order valence-electron chi connectivity index (χ4n) is 1.77. The van der Waals surface area contributed by atoms with Crippen molar-refractivity contribution < 1.29 is 17.9 Å². The Hall–Kier alpha value is -2.85. The first-order valence-corrected chi connectivity index (χ1v) is 8.50. The number of rotatable bonds is 5. The van der Waals surface area contributed by atoms with Gasteiger partial charge in [-0.15, -0.1) is 0 Å². The first-order valence-electron chi connectivity index (χ1n) is 6.61. The number of ether oxygens (including phenoxy) is 1. The van der Waals surface area contributed by atoms with Crippen LogP contribution in [0.4, 0.5) is 0 Å². The van der Waals surface area contributed by atoms with Gasteiger partial charge >= 0.3 is 0 Å². The summed E-state index contributed by atoms with van der Waals surface area (Å²) in [6, 6.07) is 15.2. The minimum atomic E-state index is -3.58. The van der Waals surface area contributed by atoms with Crippen molar-refractivity contribution in [1.29, 1.82) is 5.26 Å². The molecule has 0 saturated carbocycles. The van der Waals surface area contributed by atoms with E-state index in [1.165, 1.54) is 12.1 Å². The molecule has 0 atom stereocenters. The van der Waals surface area contributed by atoms with Gasteiger partial charge in [0.25, 0.3) is 5.91 Å². The molecule has 0 unspecified atom stereocenters. The van der Waals surface area contributed by atoms with Crippen LogP contribution in [0.1, 0.15) is 21.5 Å². The topological polar surface area (TPSA) is 96.3 Å². The summed E-state index contributed by atoms with van der Waals surface area (Å²) in [5.74, 6) is -0.0463. The number of carbonyl (C=O) groups excluding carboxylic acids is 1. The van der Waals surface area contributed by atoms with Gasteiger partial charge in [-0.1, -0.05) is 12.1 Å². The van der Waals surface area contributed by atoms with Crippen LogP contribution in [0.25, 0.3) is 0 Å². The van der Waals surface area contributed by atoms with Gasteiger partial charge in [0.05, 0.1) is 17.9 Å². The van der Waals surface area contributed by atoms with E-state index in [2.05, 4.69) is 0 Å². The third-order valence-corrected chi connectivity index (χ3v) is 3.44. The lowest BCUT2D eigenvalue weighted by atomic mass is 10.1. The monoisotopic (exact) mass is 330 g/mol. The van der Waals surface area contributed by atoms with Gasteiger partial charge in [0, 0.05) is 5.56 Å². The standard InChI is InChI=1S/C16H14N2O4S/c1-23(20,21)18-16(19)14-6-2-13(3-7-14)11-22-15-8-4-12(10-17)5-9-15/h2-9H,11H2,1H3,(H,18,19). The van der Waals surface area contributed by atoms with Gasteiger partial charge in [0.15, 0.2) is 0 Å². The van der Waals surface area contributed by atoms with E-state index in [-0.39, 0.29) is 5.56 Å². The number of nitrogens with one attached hydrogen (secondary N) is 1. The van der Waals surface area contributed by atoms with E-state index in [1.54, 1.807) is 36.4 Å². The fourth-order valence-corrected chi connectivity index (χ4v) is 2.23. The Balaban J connectivity index is 1.97. The van der Waals surface area contributed by atoms with Gasteiger partial charge < -0.3 is 4.74 Å². The van der Waals surface area contributed by atoms with Crippen LogP contribution in [0, 0.1) is 11.3 Å². The zero-order valence-electron chi connectivity index (χ0n) is 12.3. The van der Waals surface area contributed by atoms with E-state index in [0.717, 1.165) is 11.8 Å². The Morgan fingerprint density at radius 1 is 1.13 bits per heavy atom. The number of sulfonamides is 1. The quantitative estimate of drug-likeness (QED) is 0.902. The van der Waals surface area contributed by atoms with Crippen LogP contribution in [0.15, 0.2) is 48.5 Å². The lowest BCUT2D eigenvalue weighted by Gasteiger charge is -2.07. The molecule has 0 fully saturated rings. The van der Waals surface area contributed by atoms with Crippen LogP contribution >= 0.6 is 0 Å². The van der Waals surface area contributed by atoms with Gasteiger partial charge in [0.1, 0.15) is 12.4 Å². The largest absolute Gasteiger partial charge is 0.489 e. The molecule has 2 aromatic rings. The zero-order chi connectivity index (χ0) is 16.9. The summed E-state index contributed by atoms with van der Waals surface area (Å²) in [5, 5.41) is 8.72. The molecule has 0 aromatic heterocycles. The maximum atomic E-state index is 11.7. The summed E-state index contributed by atoms with van der Waals surface area (Å²) >= 11 is 0. The first-order chi connectivity index (χ1) is 10.9. The number of amides is 1. The number of benzene rings is 2. The van der Waals surface area contributed by atoms with Gasteiger partial charge in [0.2, 0.25) is 10.0 Å². The van der Waals surface area contributed by atoms with Crippen molar-refractivity contribution in [2.24, 2.45) is 0 Å². The summed E-state index contributed by atoms with van der Waals surface area (Å²) in [4.78, 5) is 11.7. The molecule has 0 saturated heterocycles. The van der Waals surface area contributed by atoms with Crippen LogP contribution in [-0.4, -0.2) is 20.6 Å². The van der Waals surface area contributed by atoms with E-state index in [1.807, 2.05) is 10.8 Å². The first kappa shape index (κ1) is 16.5. The average molecular weight is 330 g/mol. The number of carbonyl (C=O) groups is 1. The second kappa shape index (κ2) is 6.94. The molecule has 23 heavy (non-hydrogen) atoms. The summed E-state index contributed by atoms with van der Waals surface area (Å²) in [6.07, 6.45) is 0.921. The molecule has 6 nitrogen and oxygen atoms in total. The molecule has 0 bridgehead atoms. The maximum absolute atomic E-state index is 11.7. The molecule has 1 N–H and O–H groups in total. The van der Waals surface area contributed by atoms with Crippen molar-refractivity contribution in [3.8, 4) is 11.8 Å². The van der Waals surface area contributed by atoms with E-state index in [4.69, 9.17) is 10.00 Å². The van der Waals surface area contributed by atoms with Crippen LogP contribution in [-0.2, 0) is 16.6 Å². The van der Waals surface area contributed by atoms with Crippen molar-refractivity contribution in [3.05, 3.63) is 65.2 Å². The highest BCUT2D eigenvalue weighted by Gasteiger charge is 2.10. The van der Waals surface area contributed by atoms with Crippen molar-refractivity contribution in [1.82, 2.24) is 4.72 Å². The molecule has 7 heteroatoms. The van der Waals surface area contributed by atoms with Crippen LogP contribution in [0.3, 0.4) is 0 Å². The minimum Gasteiger partial charge on any atom is -0.489 e. The van der Waals surface area contributed by atoms with Gasteiger partial charge in [-0.05, 0) is 42.0 Å². The molecule has 0 aliphatic rings. The fraction of sp³-hybridized carbons (Fsp3) is 0.125. The summed E-state index contributed by atoms with van der Waals surface area (Å²) < 4.78 is 29.5. The Bertz CT molecular complexity index is 835. The van der Waals surface area contributed by atoms with E-state index >= 15 is 0 Å². The SMILES string of the molecule is CS(=O)(=O)NC(=O)c1ccc(COc2ccc(C#N)cc2)cc1. The van der Waals surface area contributed by atoms with Crippen LogP contribution in [0.2, 0.25) is 0 Å². The Morgan fingerprint density at radius 3 is 2.26 bits per heavy atom. The van der Waals surface area contributed by atoms with Gasteiger partial charge in [-0.3, -0.25) is 4.79 Å². The number of hydrogen-bond acceptors (Lipinski definition) is 5. The molecule has 1 amide bonds. The van der Waals surface area contributed by atoms with Crippen molar-refractivity contribution in [2.75, 3.05) is 6.26 Å². The van der Waals surface area contributed by atoms with Crippen LogP contribution < -0.4 is 9.46 Å². The van der Waals surface area contributed by atoms with Crippen molar-refractivity contribution in [3.63, 3.8) is 0 Å². The minimum absolute atomic E-state index is 0.248. The molecular formula is C16H14N2O4S. The number of nitriles is 1. The van der Waals surface area contributed by atoms with Gasteiger partial charge in [-0.2, -0.15) is 5.26 Å². The highest BCUT2D eigenvalue weighted by Crippen LogP contribution is 2.14. The smallest absolute Gasteiger partial charge is 0.264 e. The Morgan fingerprint density at radius 2 is 1.74 bits per heavy atom. The summed E-state index contributed by atoms with van der Waals surface area (Å²) in [5.41, 5.74) is 1.63. The molecule has 0 aliphatic heterocycles. The second-order valence-electron chi connectivity index (χ2n) is 4.83. The second-order valence-corrected chi connectivity index (χ2v) is 6.57. The van der Waals surface area contributed by atoms with Crippen molar-refractivity contribution in [2.45, 2.75) is 6.61 Å². The highest BCUT2D eigenvalue weighted by molar-refractivity contribution is 7.89. The molecule has 0 heterocycles. The highest BCUT2D eigenvalue weighted by atomic mass is 32.2. The Kier molecular flexibility index (Phi) is 4.98. The summed E-state index contributed by atoms with van der Waals surface area (Å²) in [6.45, 7) is 0.292. The van der Waals surface area contributed by atoms with E-state index in [9.17, 15) is 13.2 Å². The molecule has 0 aliphatic carbocycles. The molecule has 0 spiro atoms. The predicted octanol–water partition coefficient (Wildman–Crippen LogP) is 1.83.